The number of esters is 1. The van der Waals surface area contributed by atoms with Crippen LogP contribution in [0.2, 0.25) is 0 Å². The minimum absolute atomic E-state index is 0.177. The van der Waals surface area contributed by atoms with E-state index in [1.54, 1.807) is 6.92 Å². The van der Waals surface area contributed by atoms with E-state index in [2.05, 4.69) is 5.32 Å². The van der Waals surface area contributed by atoms with Gasteiger partial charge in [0.05, 0.1) is 0 Å². The van der Waals surface area contributed by atoms with E-state index >= 15 is 0 Å². The summed E-state index contributed by atoms with van der Waals surface area (Å²) in [6.45, 7) is 2.03. The Kier molecular flexibility index (Phi) is 6.81. The zero-order valence-corrected chi connectivity index (χ0v) is 15.8. The molecule has 2 rings (SSSR count). The number of nitrogens with one attached hydrogen (secondary N) is 2. The lowest BCUT2D eigenvalue weighted by Gasteiger charge is -2.14. The Hall–Kier alpha value is -2.85. The van der Waals surface area contributed by atoms with Crippen LogP contribution in [0.3, 0.4) is 0 Å². The normalized spacial score (nSPS) is 12.3. The number of hydrogen-bond acceptors (Lipinski definition) is 5. The molecule has 0 fully saturated rings. The highest BCUT2D eigenvalue weighted by Gasteiger charge is 2.22. The van der Waals surface area contributed by atoms with Gasteiger partial charge in [0.1, 0.15) is 23.1 Å². The highest BCUT2D eigenvalue weighted by molar-refractivity contribution is 7.89. The van der Waals surface area contributed by atoms with Crippen molar-refractivity contribution in [2.24, 2.45) is 0 Å². The van der Waals surface area contributed by atoms with Crippen molar-refractivity contribution in [1.82, 2.24) is 4.72 Å². The molecule has 0 aliphatic rings. The van der Waals surface area contributed by atoms with Gasteiger partial charge in [-0.15, -0.1) is 0 Å². The molecule has 0 aromatic heterocycles. The van der Waals surface area contributed by atoms with Crippen LogP contribution in [0, 0.1) is 18.6 Å². The van der Waals surface area contributed by atoms with Crippen molar-refractivity contribution in [3.63, 3.8) is 0 Å². The predicted molar refractivity (Wildman–Crippen MR) is 96.9 cm³/mol. The third kappa shape index (κ3) is 5.57. The van der Waals surface area contributed by atoms with Crippen LogP contribution < -0.4 is 10.0 Å². The molecule has 0 aliphatic carbocycles. The largest absolute Gasteiger partial charge is 0.452 e. The predicted octanol–water partition coefficient (Wildman–Crippen LogP) is 2.12. The molecular weight excluding hydrogens is 394 g/mol. The molecule has 1 atom stereocenters. The van der Waals surface area contributed by atoms with Crippen molar-refractivity contribution >= 4 is 27.6 Å². The SMILES string of the molecule is Cc1ccc(NC(=O)[C@H](C)OC(=O)CNS(=O)(=O)c2ccccc2F)cc1F. The maximum absolute atomic E-state index is 13.6. The van der Waals surface area contributed by atoms with Crippen LogP contribution in [0.5, 0.6) is 0 Å². The maximum Gasteiger partial charge on any atom is 0.321 e. The summed E-state index contributed by atoms with van der Waals surface area (Å²) < 4.78 is 57.8. The first-order valence-electron chi connectivity index (χ1n) is 8.11. The maximum atomic E-state index is 13.6. The van der Waals surface area contributed by atoms with E-state index in [-0.39, 0.29) is 5.69 Å². The summed E-state index contributed by atoms with van der Waals surface area (Å²) in [7, 11) is -4.27. The fraction of sp³-hybridized carbons (Fsp3) is 0.222. The third-order valence-electron chi connectivity index (χ3n) is 3.65. The summed E-state index contributed by atoms with van der Waals surface area (Å²) in [6, 6.07) is 8.73. The number of anilines is 1. The van der Waals surface area contributed by atoms with E-state index in [4.69, 9.17) is 4.74 Å². The van der Waals surface area contributed by atoms with Crippen molar-refractivity contribution in [3.05, 3.63) is 59.7 Å². The lowest BCUT2D eigenvalue weighted by Crippen LogP contribution is -2.36. The van der Waals surface area contributed by atoms with Crippen LogP contribution in [0.4, 0.5) is 14.5 Å². The van der Waals surface area contributed by atoms with Crippen molar-refractivity contribution in [2.75, 3.05) is 11.9 Å². The van der Waals surface area contributed by atoms with E-state index in [0.29, 0.717) is 5.56 Å². The monoisotopic (exact) mass is 412 g/mol. The number of carbonyl (C=O) groups is 2. The smallest absolute Gasteiger partial charge is 0.321 e. The quantitative estimate of drug-likeness (QED) is 0.679. The summed E-state index contributed by atoms with van der Waals surface area (Å²) in [6.07, 6.45) is -1.27. The second-order valence-corrected chi connectivity index (χ2v) is 7.58. The fourth-order valence-corrected chi connectivity index (χ4v) is 3.15. The molecule has 0 bridgehead atoms. The highest BCUT2D eigenvalue weighted by Crippen LogP contribution is 2.15. The molecule has 150 valence electrons. The molecule has 0 unspecified atom stereocenters. The minimum Gasteiger partial charge on any atom is -0.452 e. The van der Waals surface area contributed by atoms with Gasteiger partial charge in [0, 0.05) is 5.69 Å². The van der Waals surface area contributed by atoms with E-state index in [1.165, 1.54) is 31.2 Å². The first-order valence-corrected chi connectivity index (χ1v) is 9.59. The van der Waals surface area contributed by atoms with Gasteiger partial charge in [-0.2, -0.15) is 4.72 Å². The second-order valence-electron chi connectivity index (χ2n) is 5.84. The third-order valence-corrected chi connectivity index (χ3v) is 5.08. The molecule has 7 nitrogen and oxygen atoms in total. The van der Waals surface area contributed by atoms with E-state index in [1.807, 2.05) is 4.72 Å². The molecule has 0 radical (unpaired) electrons. The number of amides is 1. The van der Waals surface area contributed by atoms with Crippen LogP contribution >= 0.6 is 0 Å². The van der Waals surface area contributed by atoms with Gasteiger partial charge >= 0.3 is 5.97 Å². The van der Waals surface area contributed by atoms with Crippen LogP contribution in [0.15, 0.2) is 47.4 Å². The molecule has 2 N–H and O–H groups in total. The topological polar surface area (TPSA) is 102 Å². The Morgan fingerprint density at radius 2 is 1.79 bits per heavy atom. The molecule has 0 aliphatic heterocycles. The molecular formula is C18H18F2N2O5S. The number of benzene rings is 2. The Bertz CT molecular complexity index is 995. The molecule has 28 heavy (non-hydrogen) atoms. The van der Waals surface area contributed by atoms with E-state index in [0.717, 1.165) is 18.2 Å². The molecule has 2 aromatic rings. The van der Waals surface area contributed by atoms with Gasteiger partial charge in [0.25, 0.3) is 5.91 Å². The molecule has 0 heterocycles. The number of halogens is 2. The molecule has 0 saturated carbocycles. The van der Waals surface area contributed by atoms with Crippen LogP contribution in [0.25, 0.3) is 0 Å². The molecule has 10 heteroatoms. The van der Waals surface area contributed by atoms with Crippen molar-refractivity contribution < 1.29 is 31.5 Å². The number of hydrogen-bond donors (Lipinski definition) is 2. The first kappa shape index (κ1) is 21.5. The lowest BCUT2D eigenvalue weighted by molar-refractivity contribution is -0.151. The van der Waals surface area contributed by atoms with Gasteiger partial charge in [-0.25, -0.2) is 17.2 Å². The Labute approximate surface area is 160 Å². The molecule has 0 spiro atoms. The zero-order chi connectivity index (χ0) is 20.9. The van der Waals surface area contributed by atoms with Crippen LogP contribution in [0.1, 0.15) is 12.5 Å². The molecule has 1 amide bonds. The zero-order valence-electron chi connectivity index (χ0n) is 15.0. The Morgan fingerprint density at radius 1 is 1.11 bits per heavy atom. The van der Waals surface area contributed by atoms with E-state index < -0.39 is 51.1 Å². The summed E-state index contributed by atoms with van der Waals surface area (Å²) in [5.74, 6) is -3.25. The van der Waals surface area contributed by atoms with Crippen molar-refractivity contribution in [1.29, 1.82) is 0 Å². The van der Waals surface area contributed by atoms with Crippen molar-refractivity contribution in [3.8, 4) is 0 Å². The number of rotatable bonds is 7. The highest BCUT2D eigenvalue weighted by atomic mass is 32.2. The summed E-state index contributed by atoms with van der Waals surface area (Å²) in [5, 5.41) is 2.38. The number of carbonyl (C=O) groups excluding carboxylic acids is 2. The molecule has 2 aromatic carbocycles. The average Bonchev–Trinajstić information content (AvgIpc) is 2.63. The van der Waals surface area contributed by atoms with Crippen LogP contribution in [-0.4, -0.2) is 32.9 Å². The standard InChI is InChI=1S/C18H18F2N2O5S/c1-11-7-8-13(9-15(11)20)22-18(24)12(2)27-17(23)10-21-28(25,26)16-6-4-3-5-14(16)19/h3-9,12,21H,10H2,1-2H3,(H,22,24)/t12-/m0/s1. The Balaban J connectivity index is 1.90. The van der Waals surface area contributed by atoms with Gasteiger partial charge in [-0.3, -0.25) is 9.59 Å². The van der Waals surface area contributed by atoms with Gasteiger partial charge in [-0.1, -0.05) is 18.2 Å². The number of ether oxygens (including phenoxy) is 1. The average molecular weight is 412 g/mol. The van der Waals surface area contributed by atoms with Gasteiger partial charge in [-0.05, 0) is 43.7 Å². The second kappa shape index (κ2) is 8.89. The minimum atomic E-state index is -4.27. The fourth-order valence-electron chi connectivity index (χ4n) is 2.10. The lowest BCUT2D eigenvalue weighted by atomic mass is 10.2. The summed E-state index contributed by atoms with van der Waals surface area (Å²) >= 11 is 0. The van der Waals surface area contributed by atoms with Crippen LogP contribution in [-0.2, 0) is 24.3 Å². The first-order chi connectivity index (χ1) is 13.1. The number of aryl methyl sites for hydroxylation is 1. The van der Waals surface area contributed by atoms with Crippen molar-refractivity contribution in [2.45, 2.75) is 24.8 Å². The van der Waals surface area contributed by atoms with Gasteiger partial charge in [0.2, 0.25) is 10.0 Å². The summed E-state index contributed by atoms with van der Waals surface area (Å²) in [5.41, 5.74) is 0.580. The summed E-state index contributed by atoms with van der Waals surface area (Å²) in [4.78, 5) is 23.2. The Morgan fingerprint density at radius 3 is 2.43 bits per heavy atom. The van der Waals surface area contributed by atoms with E-state index in [9.17, 15) is 26.8 Å². The van der Waals surface area contributed by atoms with Gasteiger partial charge < -0.3 is 10.1 Å². The number of sulfonamides is 1. The molecule has 0 saturated heterocycles. The van der Waals surface area contributed by atoms with Gasteiger partial charge in [0.15, 0.2) is 6.10 Å².